The minimum absolute atomic E-state index is 0.0187. The van der Waals surface area contributed by atoms with Crippen molar-refractivity contribution in [2.45, 2.75) is 222 Å². The first-order chi connectivity index (χ1) is 30.9. The highest BCUT2D eigenvalue weighted by atomic mass is 16.8. The zero-order chi connectivity index (χ0) is 47.6. The van der Waals surface area contributed by atoms with E-state index < -0.39 is 123 Å². The Morgan fingerprint density at radius 3 is 1.89 bits per heavy atom. The fourth-order valence-electron chi connectivity index (χ4n) is 16.9. The molecule has 5 saturated heterocycles. The van der Waals surface area contributed by atoms with Crippen molar-refractivity contribution in [1.29, 1.82) is 0 Å². The number of rotatable bonds is 8. The fraction of sp³-hybridized carbons (Fsp3) is 1.00. The topological polar surface area (TPSA) is 296 Å². The van der Waals surface area contributed by atoms with Crippen LogP contribution in [-0.2, 0) is 37.9 Å². The first kappa shape index (κ1) is 48.8. The molecule has 5 aliphatic heterocycles. The molecule has 10 aliphatic rings. The molecule has 10 rings (SSSR count). The predicted octanol–water partition coefficient (Wildman–Crippen LogP) is -1.23. The summed E-state index contributed by atoms with van der Waals surface area (Å²) in [5.41, 5.74) is -1.24. The average Bonchev–Trinajstić information content (AvgIpc) is 3.81. The Morgan fingerprint density at radius 1 is 0.606 bits per heavy atom. The lowest BCUT2D eigenvalue weighted by molar-refractivity contribution is -0.392. The minimum Gasteiger partial charge on any atom is -0.394 e. The van der Waals surface area contributed by atoms with Crippen molar-refractivity contribution in [1.82, 2.24) is 0 Å². The number of aliphatic hydroxyl groups is 11. The third-order valence-corrected chi connectivity index (χ3v) is 20.3. The molecule has 19 nitrogen and oxygen atoms in total. The molecular weight excluding hydrogens is 868 g/mol. The molecule has 378 valence electrons. The zero-order valence-corrected chi connectivity index (χ0v) is 39.2. The Morgan fingerprint density at radius 2 is 1.21 bits per heavy atom. The summed E-state index contributed by atoms with van der Waals surface area (Å²) in [6.07, 6.45) is -17.4. The summed E-state index contributed by atoms with van der Waals surface area (Å²) in [7, 11) is 0. The van der Waals surface area contributed by atoms with E-state index in [0.29, 0.717) is 12.3 Å². The van der Waals surface area contributed by atoms with Crippen molar-refractivity contribution in [2.75, 3.05) is 19.8 Å². The highest BCUT2D eigenvalue weighted by molar-refractivity contribution is 5.32. The summed E-state index contributed by atoms with van der Waals surface area (Å²) < 4.78 is 49.6. The summed E-state index contributed by atoms with van der Waals surface area (Å²) in [4.78, 5) is 0. The van der Waals surface area contributed by atoms with Crippen molar-refractivity contribution >= 4 is 0 Å². The highest BCUT2D eigenvalue weighted by Crippen LogP contribution is 2.89. The molecule has 5 saturated carbocycles. The SMILES string of the molecule is CC1C2[C@H](C[C@@]3(C)[C@@H]4CCC5C(C)(C)[C@@H](O[C@@H]6OC[C@@H](O)[C@H](O)[C@H]6O[C@@H]6O[C@H](CO)[C@@H](O)[C@H](O)[C@H]6O[C@@H]6O[C@H](CO)[C@@H](O)[C@H](O)[C@H]6O)CC[C@@]56C[C@@]46CC[C@]23C)O[C@@]2(O)[C@@H]1OC(C)(C)[C@H]2O. The predicted molar refractivity (Wildman–Crippen MR) is 224 cm³/mol. The molecule has 3 unspecified atom stereocenters. The highest BCUT2D eigenvalue weighted by Gasteiger charge is 2.84. The van der Waals surface area contributed by atoms with Crippen molar-refractivity contribution < 1.29 is 94.1 Å². The van der Waals surface area contributed by atoms with Gasteiger partial charge in [0.15, 0.2) is 18.9 Å². The second-order valence-electron chi connectivity index (χ2n) is 23.9. The van der Waals surface area contributed by atoms with Crippen LogP contribution in [0.15, 0.2) is 0 Å². The molecule has 0 bridgehead atoms. The molecule has 0 aromatic rings. The van der Waals surface area contributed by atoms with Gasteiger partial charge in [-0.25, -0.2) is 0 Å². The van der Waals surface area contributed by atoms with Crippen LogP contribution in [0.5, 0.6) is 0 Å². The van der Waals surface area contributed by atoms with E-state index in [-0.39, 0.29) is 63.6 Å². The Balaban J connectivity index is 0.868. The van der Waals surface area contributed by atoms with Gasteiger partial charge in [0.2, 0.25) is 5.79 Å². The van der Waals surface area contributed by atoms with Gasteiger partial charge in [-0.2, -0.15) is 0 Å². The Labute approximate surface area is 385 Å². The van der Waals surface area contributed by atoms with E-state index in [0.717, 1.165) is 44.9 Å². The monoisotopic (exact) mass is 944 g/mol. The number of aliphatic hydroxyl groups excluding tert-OH is 10. The molecule has 0 amide bonds. The van der Waals surface area contributed by atoms with Crippen molar-refractivity contribution in [3.63, 3.8) is 0 Å². The summed E-state index contributed by atoms with van der Waals surface area (Å²) in [6, 6.07) is 0. The number of fused-ring (bicyclic) bond motifs is 5. The van der Waals surface area contributed by atoms with Crippen LogP contribution in [-0.4, -0.2) is 198 Å². The van der Waals surface area contributed by atoms with Crippen LogP contribution >= 0.6 is 0 Å². The molecule has 27 atom stereocenters. The van der Waals surface area contributed by atoms with Crippen molar-refractivity contribution in [2.24, 2.45) is 50.7 Å². The molecule has 0 aromatic carbocycles. The van der Waals surface area contributed by atoms with E-state index in [4.69, 9.17) is 37.9 Å². The van der Waals surface area contributed by atoms with Crippen LogP contribution in [0.4, 0.5) is 0 Å². The molecule has 5 aliphatic carbocycles. The van der Waals surface area contributed by atoms with Gasteiger partial charge in [0.05, 0.1) is 37.6 Å². The van der Waals surface area contributed by atoms with Gasteiger partial charge in [-0.3, -0.25) is 0 Å². The molecule has 19 heteroatoms. The number of hydrogen-bond donors (Lipinski definition) is 11. The summed E-state index contributed by atoms with van der Waals surface area (Å²) in [6.45, 7) is 13.4. The van der Waals surface area contributed by atoms with Gasteiger partial charge in [0.1, 0.15) is 79.4 Å². The maximum atomic E-state index is 11.9. The Hall–Kier alpha value is -0.760. The number of ether oxygens (including phenoxy) is 8. The van der Waals surface area contributed by atoms with E-state index in [9.17, 15) is 56.2 Å². The van der Waals surface area contributed by atoms with E-state index in [1.54, 1.807) is 0 Å². The van der Waals surface area contributed by atoms with Gasteiger partial charge < -0.3 is 94.1 Å². The summed E-state index contributed by atoms with van der Waals surface area (Å²) >= 11 is 0. The molecule has 66 heavy (non-hydrogen) atoms. The fourth-order valence-corrected chi connectivity index (χ4v) is 16.9. The van der Waals surface area contributed by atoms with Gasteiger partial charge in [-0.05, 0) is 116 Å². The lowest BCUT2D eigenvalue weighted by Gasteiger charge is -2.63. The van der Waals surface area contributed by atoms with Gasteiger partial charge >= 0.3 is 0 Å². The van der Waals surface area contributed by atoms with Crippen LogP contribution in [0, 0.1) is 50.7 Å². The Kier molecular flexibility index (Phi) is 11.9. The largest absolute Gasteiger partial charge is 0.394 e. The zero-order valence-electron chi connectivity index (χ0n) is 39.2. The third-order valence-electron chi connectivity index (χ3n) is 20.3. The lowest BCUT2D eigenvalue weighted by atomic mass is 9.41. The molecule has 11 N–H and O–H groups in total. The normalized spacial score (nSPS) is 60.3. The van der Waals surface area contributed by atoms with E-state index in [1.807, 2.05) is 13.8 Å². The quantitative estimate of drug-likeness (QED) is 0.127. The first-order valence-electron chi connectivity index (χ1n) is 24.5. The van der Waals surface area contributed by atoms with Crippen LogP contribution < -0.4 is 0 Å². The molecule has 0 aromatic heterocycles. The minimum atomic E-state index is -1.88. The molecule has 5 heterocycles. The third kappa shape index (κ3) is 6.56. The molecule has 2 spiro atoms. The Bertz CT molecular complexity index is 1820. The van der Waals surface area contributed by atoms with Crippen LogP contribution in [0.2, 0.25) is 0 Å². The van der Waals surface area contributed by atoms with Crippen molar-refractivity contribution in [3.8, 4) is 0 Å². The second-order valence-corrected chi connectivity index (χ2v) is 23.9. The van der Waals surface area contributed by atoms with E-state index in [1.165, 1.54) is 0 Å². The maximum Gasteiger partial charge on any atom is 0.222 e. The summed E-state index contributed by atoms with van der Waals surface area (Å²) in [5.74, 6) is -0.893. The van der Waals surface area contributed by atoms with Crippen LogP contribution in [0.25, 0.3) is 0 Å². The average molecular weight is 945 g/mol. The van der Waals surface area contributed by atoms with Crippen LogP contribution in [0.1, 0.15) is 99.8 Å². The van der Waals surface area contributed by atoms with Gasteiger partial charge in [-0.1, -0.05) is 34.6 Å². The van der Waals surface area contributed by atoms with Crippen molar-refractivity contribution in [3.05, 3.63) is 0 Å². The standard InChI is InChI=1S/C47H76O19/c1-19-27-21(65-47(58)36(19)66-42(4,5)40(47)57)14-44(7)25-9-8-24-41(2,3)26(10-11-45(24)18-46(25,45)13-12-43(27,44)6)62-38-34(28(51)20(50)17-59-38)64-39-35(32(55)30(53)23(16-49)61-39)63-37-33(56)31(54)29(52)22(15-48)60-37/h19-40,48-58H,8-18H2,1-7H3/t19?,20-,21+,22-,23-,24?,25+,26+,27?,28+,29-,30-,31+,32+,33-,34-,35-,36-,37+,38+,39+,40-,43-,44+,45-,46+,47+/m1/s1. The van der Waals surface area contributed by atoms with Gasteiger partial charge in [-0.15, -0.1) is 0 Å². The number of hydrogen-bond acceptors (Lipinski definition) is 19. The van der Waals surface area contributed by atoms with E-state index in [2.05, 4.69) is 34.6 Å². The maximum absolute atomic E-state index is 11.9. The van der Waals surface area contributed by atoms with E-state index >= 15 is 0 Å². The van der Waals surface area contributed by atoms with Gasteiger partial charge in [0.25, 0.3) is 0 Å². The molecule has 0 radical (unpaired) electrons. The second kappa shape index (κ2) is 16.1. The van der Waals surface area contributed by atoms with Crippen LogP contribution in [0.3, 0.4) is 0 Å². The summed E-state index contributed by atoms with van der Waals surface area (Å²) in [5, 5.41) is 119. The molecular formula is C47H76O19. The first-order valence-corrected chi connectivity index (χ1v) is 24.5. The lowest BCUT2D eigenvalue weighted by Crippen LogP contribution is -2.66. The molecule has 10 fully saturated rings. The smallest absolute Gasteiger partial charge is 0.222 e. The van der Waals surface area contributed by atoms with Gasteiger partial charge in [0, 0.05) is 0 Å².